The van der Waals surface area contributed by atoms with Gasteiger partial charge in [-0.05, 0) is 49.9 Å². The van der Waals surface area contributed by atoms with Gasteiger partial charge in [0.05, 0.1) is 16.6 Å². The minimum atomic E-state index is -3.61. The van der Waals surface area contributed by atoms with Gasteiger partial charge in [-0.2, -0.15) is 5.10 Å². The van der Waals surface area contributed by atoms with Crippen molar-refractivity contribution in [2.24, 2.45) is 7.05 Å². The Morgan fingerprint density at radius 1 is 1.30 bits per heavy atom. The summed E-state index contributed by atoms with van der Waals surface area (Å²) in [4.78, 5) is 15.3. The molecule has 27 heavy (non-hydrogen) atoms. The molecule has 1 unspecified atom stereocenters. The number of likely N-dealkylation sites (tertiary alicyclic amines) is 1. The van der Waals surface area contributed by atoms with E-state index in [1.54, 1.807) is 29.9 Å². The molecule has 2 heterocycles. The number of benzene rings is 1. The summed E-state index contributed by atoms with van der Waals surface area (Å²) >= 11 is 0. The predicted octanol–water partition coefficient (Wildman–Crippen LogP) is 2.39. The number of amides is 1. The molecule has 1 aromatic heterocycles. The predicted molar refractivity (Wildman–Crippen MR) is 103 cm³/mol. The Bertz CT molecular complexity index is 936. The maximum absolute atomic E-state index is 13.4. The van der Waals surface area contributed by atoms with E-state index >= 15 is 0 Å². The SMILES string of the molecule is CCNS(=O)(=O)c1ccc(C)c(C(=O)N2CCCCC2c2ccnn2C)c1. The van der Waals surface area contributed by atoms with Crippen LogP contribution in [0.15, 0.2) is 35.4 Å². The Balaban J connectivity index is 1.97. The molecule has 3 rings (SSSR count). The molecule has 7 nitrogen and oxygen atoms in total. The number of carbonyl (C=O) groups is 1. The fourth-order valence-electron chi connectivity index (χ4n) is 3.62. The van der Waals surface area contributed by atoms with E-state index in [0.29, 0.717) is 18.7 Å². The first-order chi connectivity index (χ1) is 12.8. The number of nitrogens with zero attached hydrogens (tertiary/aromatic N) is 3. The third-order valence-electron chi connectivity index (χ3n) is 5.05. The van der Waals surface area contributed by atoms with Gasteiger partial charge in [0.25, 0.3) is 5.91 Å². The molecule has 0 bridgehead atoms. The monoisotopic (exact) mass is 390 g/mol. The molecular formula is C19H26N4O3S. The number of aryl methyl sites for hydroxylation is 2. The second-order valence-electron chi connectivity index (χ2n) is 6.87. The number of aromatic nitrogens is 2. The molecule has 0 saturated carbocycles. The van der Waals surface area contributed by atoms with Crippen molar-refractivity contribution < 1.29 is 13.2 Å². The van der Waals surface area contributed by atoms with Crippen LogP contribution in [0.2, 0.25) is 0 Å². The van der Waals surface area contributed by atoms with E-state index in [0.717, 1.165) is 30.5 Å². The zero-order valence-corrected chi connectivity index (χ0v) is 16.8. The van der Waals surface area contributed by atoms with Crippen LogP contribution in [0, 0.1) is 6.92 Å². The lowest BCUT2D eigenvalue weighted by molar-refractivity contribution is 0.0600. The fourth-order valence-corrected chi connectivity index (χ4v) is 4.69. The van der Waals surface area contributed by atoms with Crippen molar-refractivity contribution in [2.75, 3.05) is 13.1 Å². The summed E-state index contributed by atoms with van der Waals surface area (Å²) in [5.41, 5.74) is 2.20. The van der Waals surface area contributed by atoms with Crippen LogP contribution in [-0.4, -0.2) is 42.1 Å². The first-order valence-corrected chi connectivity index (χ1v) is 10.7. The Hall–Kier alpha value is -2.19. The molecule has 1 N–H and O–H groups in total. The molecule has 2 aromatic rings. The van der Waals surface area contributed by atoms with Gasteiger partial charge in [-0.15, -0.1) is 0 Å². The number of piperidine rings is 1. The van der Waals surface area contributed by atoms with Crippen LogP contribution in [0.3, 0.4) is 0 Å². The maximum Gasteiger partial charge on any atom is 0.254 e. The average Bonchev–Trinajstić information content (AvgIpc) is 3.07. The molecule has 1 fully saturated rings. The normalized spacial score (nSPS) is 17.9. The molecule has 0 spiro atoms. The van der Waals surface area contributed by atoms with Crippen LogP contribution >= 0.6 is 0 Å². The fraction of sp³-hybridized carbons (Fsp3) is 0.474. The molecule has 0 radical (unpaired) electrons. The van der Waals surface area contributed by atoms with Crippen molar-refractivity contribution in [3.8, 4) is 0 Å². The Morgan fingerprint density at radius 2 is 2.07 bits per heavy atom. The highest BCUT2D eigenvalue weighted by Crippen LogP contribution is 2.32. The van der Waals surface area contributed by atoms with Crippen LogP contribution < -0.4 is 4.72 Å². The highest BCUT2D eigenvalue weighted by molar-refractivity contribution is 7.89. The number of hydrogen-bond acceptors (Lipinski definition) is 4. The van der Waals surface area contributed by atoms with Crippen molar-refractivity contribution in [3.05, 3.63) is 47.3 Å². The minimum Gasteiger partial charge on any atom is -0.330 e. The third-order valence-corrected chi connectivity index (χ3v) is 6.59. The summed E-state index contributed by atoms with van der Waals surface area (Å²) in [6.07, 6.45) is 4.60. The summed E-state index contributed by atoms with van der Waals surface area (Å²) in [7, 11) is -1.74. The van der Waals surface area contributed by atoms with Gasteiger partial charge < -0.3 is 4.90 Å². The summed E-state index contributed by atoms with van der Waals surface area (Å²) < 4.78 is 29.0. The number of nitrogens with one attached hydrogen (secondary N) is 1. The number of hydrogen-bond donors (Lipinski definition) is 1. The van der Waals surface area contributed by atoms with Crippen LogP contribution in [0.1, 0.15) is 53.8 Å². The largest absolute Gasteiger partial charge is 0.330 e. The zero-order valence-electron chi connectivity index (χ0n) is 16.0. The topological polar surface area (TPSA) is 84.3 Å². The van der Waals surface area contributed by atoms with E-state index in [9.17, 15) is 13.2 Å². The van der Waals surface area contributed by atoms with Gasteiger partial charge >= 0.3 is 0 Å². The lowest BCUT2D eigenvalue weighted by Gasteiger charge is -2.36. The molecule has 1 atom stereocenters. The summed E-state index contributed by atoms with van der Waals surface area (Å²) in [5, 5.41) is 4.23. The van der Waals surface area contributed by atoms with Gasteiger partial charge in [-0.3, -0.25) is 9.48 Å². The number of carbonyl (C=O) groups excluding carboxylic acids is 1. The highest BCUT2D eigenvalue weighted by atomic mass is 32.2. The van der Waals surface area contributed by atoms with E-state index in [2.05, 4.69) is 9.82 Å². The second-order valence-corrected chi connectivity index (χ2v) is 8.63. The lowest BCUT2D eigenvalue weighted by atomic mass is 9.97. The highest BCUT2D eigenvalue weighted by Gasteiger charge is 2.31. The first-order valence-electron chi connectivity index (χ1n) is 9.24. The third kappa shape index (κ3) is 3.91. The summed E-state index contributed by atoms with van der Waals surface area (Å²) in [6.45, 7) is 4.51. The Labute approximate surface area is 160 Å². The zero-order chi connectivity index (χ0) is 19.6. The summed E-state index contributed by atoms with van der Waals surface area (Å²) in [6, 6.07) is 6.62. The van der Waals surface area contributed by atoms with Crippen molar-refractivity contribution in [3.63, 3.8) is 0 Å². The van der Waals surface area contributed by atoms with Crippen LogP contribution in [0.5, 0.6) is 0 Å². The van der Waals surface area contributed by atoms with E-state index in [1.165, 1.54) is 6.07 Å². The molecule has 1 aromatic carbocycles. The quantitative estimate of drug-likeness (QED) is 0.850. The van der Waals surface area contributed by atoms with Crippen molar-refractivity contribution in [1.29, 1.82) is 0 Å². The van der Waals surface area contributed by atoms with E-state index in [-0.39, 0.29) is 16.8 Å². The van der Waals surface area contributed by atoms with Gasteiger partial charge in [-0.1, -0.05) is 13.0 Å². The first kappa shape index (κ1) is 19.6. The molecule has 146 valence electrons. The number of sulfonamides is 1. The second kappa shape index (κ2) is 7.82. The van der Waals surface area contributed by atoms with E-state index in [4.69, 9.17) is 0 Å². The smallest absolute Gasteiger partial charge is 0.254 e. The van der Waals surface area contributed by atoms with Gasteiger partial charge in [0.2, 0.25) is 10.0 Å². The molecular weight excluding hydrogens is 364 g/mol. The van der Waals surface area contributed by atoms with Gasteiger partial charge in [0, 0.05) is 31.9 Å². The van der Waals surface area contributed by atoms with Gasteiger partial charge in [0.15, 0.2) is 0 Å². The van der Waals surface area contributed by atoms with Crippen molar-refractivity contribution in [2.45, 2.75) is 44.0 Å². The average molecular weight is 391 g/mol. The molecule has 0 aliphatic carbocycles. The molecule has 1 aliphatic rings. The van der Waals surface area contributed by atoms with Crippen LogP contribution in [0.25, 0.3) is 0 Å². The Morgan fingerprint density at radius 3 is 2.74 bits per heavy atom. The van der Waals surface area contributed by atoms with Gasteiger partial charge in [-0.25, -0.2) is 13.1 Å². The van der Waals surface area contributed by atoms with Gasteiger partial charge in [0.1, 0.15) is 0 Å². The van der Waals surface area contributed by atoms with E-state index in [1.807, 2.05) is 24.9 Å². The Kier molecular flexibility index (Phi) is 5.67. The van der Waals surface area contributed by atoms with Crippen LogP contribution in [0.4, 0.5) is 0 Å². The molecule has 1 amide bonds. The van der Waals surface area contributed by atoms with Crippen molar-refractivity contribution in [1.82, 2.24) is 19.4 Å². The minimum absolute atomic E-state index is 0.0489. The standard InChI is InChI=1S/C19H26N4O3S/c1-4-21-27(25,26)15-9-8-14(2)16(13-15)19(24)23-12-6-5-7-18(23)17-10-11-20-22(17)3/h8-11,13,18,21H,4-7,12H2,1-3H3. The molecule has 8 heteroatoms. The van der Waals surface area contributed by atoms with Crippen LogP contribution in [-0.2, 0) is 17.1 Å². The molecule has 1 saturated heterocycles. The van der Waals surface area contributed by atoms with Crippen molar-refractivity contribution >= 4 is 15.9 Å². The maximum atomic E-state index is 13.4. The van der Waals surface area contributed by atoms with E-state index < -0.39 is 10.0 Å². The summed E-state index contributed by atoms with van der Waals surface area (Å²) in [5.74, 6) is -0.132. The lowest BCUT2D eigenvalue weighted by Crippen LogP contribution is -2.39. The number of rotatable bonds is 5. The molecule has 1 aliphatic heterocycles.